The molecule has 78 valence electrons. The van der Waals surface area contributed by atoms with Gasteiger partial charge in [-0.1, -0.05) is 36.8 Å². The predicted octanol–water partition coefficient (Wildman–Crippen LogP) is 3.71. The van der Waals surface area contributed by atoms with Gasteiger partial charge in [0, 0.05) is 5.56 Å². The first-order valence-electron chi connectivity index (χ1n) is 5.58. The summed E-state index contributed by atoms with van der Waals surface area (Å²) in [4.78, 5) is 11.5. The van der Waals surface area contributed by atoms with Crippen molar-refractivity contribution in [3.8, 4) is 0 Å². The number of rotatable bonds is 3. The monoisotopic (exact) mass is 200 g/mol. The van der Waals surface area contributed by atoms with Crippen LogP contribution in [0.3, 0.4) is 0 Å². The van der Waals surface area contributed by atoms with Crippen LogP contribution in [0.5, 0.6) is 0 Å². The molecule has 0 aromatic heterocycles. The summed E-state index contributed by atoms with van der Waals surface area (Å²) in [6, 6.07) is 8.08. The summed E-state index contributed by atoms with van der Waals surface area (Å²) in [7, 11) is 0. The van der Waals surface area contributed by atoms with Gasteiger partial charge in [-0.3, -0.25) is 4.79 Å². The minimum atomic E-state index is 0.0951. The largest absolute Gasteiger partial charge is 0.289 e. The topological polar surface area (TPSA) is 17.1 Å². The summed E-state index contributed by atoms with van der Waals surface area (Å²) >= 11 is 0. The first kappa shape index (κ1) is 10.2. The summed E-state index contributed by atoms with van der Waals surface area (Å²) in [6.45, 7) is 1.86. The van der Waals surface area contributed by atoms with E-state index >= 15 is 0 Å². The lowest BCUT2D eigenvalue weighted by Crippen LogP contribution is -2.08. The Morgan fingerprint density at radius 1 is 1.27 bits per heavy atom. The maximum absolute atomic E-state index is 11.5. The predicted molar refractivity (Wildman–Crippen MR) is 62.2 cm³/mol. The van der Waals surface area contributed by atoms with Crippen LogP contribution in [-0.4, -0.2) is 5.78 Å². The van der Waals surface area contributed by atoms with E-state index in [2.05, 4.69) is 12.1 Å². The van der Waals surface area contributed by atoms with Gasteiger partial charge in [-0.2, -0.15) is 0 Å². The Kier molecular flexibility index (Phi) is 3.00. The van der Waals surface area contributed by atoms with E-state index in [1.54, 1.807) is 12.2 Å². The maximum Gasteiger partial charge on any atom is 0.185 e. The van der Waals surface area contributed by atoms with Gasteiger partial charge in [-0.15, -0.1) is 0 Å². The summed E-state index contributed by atoms with van der Waals surface area (Å²) in [5.41, 5.74) is 2.18. The molecule has 0 N–H and O–H groups in total. The molecule has 0 unspecified atom stereocenters. The van der Waals surface area contributed by atoms with Gasteiger partial charge in [-0.25, -0.2) is 0 Å². The first-order chi connectivity index (χ1) is 7.31. The van der Waals surface area contributed by atoms with Gasteiger partial charge in [0.05, 0.1) is 0 Å². The molecule has 0 bridgehead atoms. The van der Waals surface area contributed by atoms with E-state index in [0.29, 0.717) is 0 Å². The zero-order valence-corrected chi connectivity index (χ0v) is 9.07. The zero-order valence-electron chi connectivity index (χ0n) is 9.07. The summed E-state index contributed by atoms with van der Waals surface area (Å²) in [6.07, 6.45) is 7.36. The molecule has 1 fully saturated rings. The van der Waals surface area contributed by atoms with Crippen molar-refractivity contribution in [2.45, 2.75) is 32.1 Å². The van der Waals surface area contributed by atoms with Crippen LogP contribution >= 0.6 is 0 Å². The van der Waals surface area contributed by atoms with Crippen LogP contribution in [0.4, 0.5) is 0 Å². The molecule has 1 saturated carbocycles. The molecule has 0 saturated heterocycles. The van der Waals surface area contributed by atoms with Crippen molar-refractivity contribution in [3.05, 3.63) is 47.5 Å². The maximum atomic E-state index is 11.5. The number of benzene rings is 1. The van der Waals surface area contributed by atoms with Gasteiger partial charge < -0.3 is 0 Å². The van der Waals surface area contributed by atoms with Crippen molar-refractivity contribution < 1.29 is 4.79 Å². The fourth-order valence-corrected chi connectivity index (χ4v) is 1.91. The Labute approximate surface area is 90.8 Å². The van der Waals surface area contributed by atoms with Crippen LogP contribution in [0.1, 0.15) is 48.0 Å². The van der Waals surface area contributed by atoms with Crippen molar-refractivity contribution in [2.75, 3.05) is 0 Å². The Hall–Kier alpha value is -1.37. The highest BCUT2D eigenvalue weighted by Crippen LogP contribution is 2.36. The number of hydrogen-bond acceptors (Lipinski definition) is 1. The van der Waals surface area contributed by atoms with Gasteiger partial charge in [0.2, 0.25) is 0 Å². The van der Waals surface area contributed by atoms with E-state index < -0.39 is 0 Å². The van der Waals surface area contributed by atoms with E-state index in [0.717, 1.165) is 11.5 Å². The molecular weight excluding hydrogens is 184 g/mol. The molecule has 2 rings (SSSR count). The number of ketones is 1. The van der Waals surface area contributed by atoms with E-state index in [4.69, 9.17) is 0 Å². The van der Waals surface area contributed by atoms with Crippen molar-refractivity contribution in [1.82, 2.24) is 0 Å². The third kappa shape index (κ3) is 2.17. The number of carbonyl (C=O) groups excluding carboxylic acids is 1. The molecule has 15 heavy (non-hydrogen) atoms. The van der Waals surface area contributed by atoms with E-state index in [1.807, 2.05) is 19.1 Å². The van der Waals surface area contributed by atoms with Crippen LogP contribution in [0.2, 0.25) is 0 Å². The van der Waals surface area contributed by atoms with Crippen molar-refractivity contribution in [1.29, 1.82) is 0 Å². The van der Waals surface area contributed by atoms with Gasteiger partial charge in [0.15, 0.2) is 5.78 Å². The van der Waals surface area contributed by atoms with Crippen molar-refractivity contribution in [3.63, 3.8) is 0 Å². The summed E-state index contributed by atoms with van der Waals surface area (Å²) in [5, 5.41) is 0. The first-order valence-corrected chi connectivity index (χ1v) is 5.58. The Bertz CT molecular complexity index is 369. The second-order valence-electron chi connectivity index (χ2n) is 4.11. The molecule has 1 aliphatic carbocycles. The average Bonchev–Trinajstić information content (AvgIpc) is 2.16. The molecule has 1 aliphatic rings. The third-order valence-corrected chi connectivity index (χ3v) is 3.09. The normalized spacial score (nSPS) is 16.6. The Morgan fingerprint density at radius 3 is 2.40 bits per heavy atom. The minimum absolute atomic E-state index is 0.0951. The van der Waals surface area contributed by atoms with Gasteiger partial charge in [0.25, 0.3) is 0 Å². The molecule has 1 aromatic rings. The number of hydrogen-bond donors (Lipinski definition) is 0. The molecule has 0 spiro atoms. The van der Waals surface area contributed by atoms with E-state index in [-0.39, 0.29) is 5.78 Å². The fraction of sp³-hybridized carbons (Fsp3) is 0.357. The smallest absolute Gasteiger partial charge is 0.185 e. The Morgan fingerprint density at radius 2 is 1.93 bits per heavy atom. The van der Waals surface area contributed by atoms with E-state index in [1.165, 1.54) is 24.8 Å². The van der Waals surface area contributed by atoms with Crippen molar-refractivity contribution in [2.24, 2.45) is 0 Å². The van der Waals surface area contributed by atoms with Crippen LogP contribution in [0.25, 0.3) is 0 Å². The molecule has 0 aliphatic heterocycles. The Balaban J connectivity index is 2.12. The van der Waals surface area contributed by atoms with Gasteiger partial charge in [0.1, 0.15) is 0 Å². The molecule has 0 amide bonds. The highest BCUT2D eigenvalue weighted by Gasteiger charge is 2.19. The fourth-order valence-electron chi connectivity index (χ4n) is 1.91. The third-order valence-electron chi connectivity index (χ3n) is 3.09. The van der Waals surface area contributed by atoms with Crippen LogP contribution in [0.15, 0.2) is 36.4 Å². The molecule has 0 atom stereocenters. The molecule has 0 radical (unpaired) electrons. The summed E-state index contributed by atoms with van der Waals surface area (Å²) in [5.74, 6) is 0.841. The quantitative estimate of drug-likeness (QED) is 0.537. The second-order valence-corrected chi connectivity index (χ2v) is 4.11. The lowest BCUT2D eigenvalue weighted by atomic mass is 9.80. The molecule has 1 heteroatoms. The molecule has 1 nitrogen and oxygen atoms in total. The van der Waals surface area contributed by atoms with Crippen LogP contribution < -0.4 is 0 Å². The van der Waals surface area contributed by atoms with Gasteiger partial charge in [-0.05, 0) is 37.3 Å². The number of carbonyl (C=O) groups is 1. The van der Waals surface area contributed by atoms with E-state index in [9.17, 15) is 4.79 Å². The molecule has 0 heterocycles. The van der Waals surface area contributed by atoms with Crippen molar-refractivity contribution >= 4 is 5.78 Å². The second kappa shape index (κ2) is 4.43. The highest BCUT2D eigenvalue weighted by atomic mass is 16.1. The minimum Gasteiger partial charge on any atom is -0.289 e. The highest BCUT2D eigenvalue weighted by molar-refractivity contribution is 6.04. The average molecular weight is 200 g/mol. The molecular formula is C14H16O. The zero-order chi connectivity index (χ0) is 10.7. The number of allylic oxidation sites excluding steroid dienone is 2. The lowest BCUT2D eigenvalue weighted by molar-refractivity contribution is 0.104. The summed E-state index contributed by atoms with van der Waals surface area (Å²) < 4.78 is 0. The van der Waals surface area contributed by atoms with Crippen LogP contribution in [-0.2, 0) is 0 Å². The SMILES string of the molecule is C/C=C/C(=O)c1ccc(C2CCC2)cc1. The molecule has 1 aromatic carbocycles. The van der Waals surface area contributed by atoms with Crippen LogP contribution in [0, 0.1) is 0 Å². The lowest BCUT2D eigenvalue weighted by Gasteiger charge is -2.25. The van der Waals surface area contributed by atoms with Gasteiger partial charge >= 0.3 is 0 Å². The standard InChI is InChI=1S/C14H16O/c1-2-4-14(15)13-9-7-12(8-10-13)11-5-3-6-11/h2,4,7-11H,3,5-6H2,1H3/b4-2+.